The van der Waals surface area contributed by atoms with Crippen molar-refractivity contribution in [3.05, 3.63) is 69.8 Å². The van der Waals surface area contributed by atoms with Crippen molar-refractivity contribution in [3.63, 3.8) is 0 Å². The predicted octanol–water partition coefficient (Wildman–Crippen LogP) is 1.39. The fourth-order valence-corrected chi connectivity index (χ4v) is 4.96. The molecule has 0 saturated carbocycles. The first kappa shape index (κ1) is 22.4. The van der Waals surface area contributed by atoms with Crippen molar-refractivity contribution < 1.29 is 18.1 Å². The Balaban J connectivity index is 1.88. The molecule has 1 unspecified atom stereocenters. The van der Waals surface area contributed by atoms with Crippen LogP contribution in [0.2, 0.25) is 0 Å². The maximum absolute atomic E-state index is 13.1. The maximum Gasteiger partial charge on any atom is 0.269 e. The van der Waals surface area contributed by atoms with Crippen molar-refractivity contribution >= 4 is 21.6 Å². The first-order chi connectivity index (χ1) is 14.7. The summed E-state index contributed by atoms with van der Waals surface area (Å²) in [4.78, 5) is 23.5. The van der Waals surface area contributed by atoms with Gasteiger partial charge in [0.05, 0.1) is 21.5 Å². The lowest BCUT2D eigenvalue weighted by Gasteiger charge is -2.41. The summed E-state index contributed by atoms with van der Waals surface area (Å²) in [6.07, 6.45) is 0.141. The number of benzene rings is 2. The van der Waals surface area contributed by atoms with E-state index in [1.165, 1.54) is 16.4 Å². The molecule has 2 aromatic carbocycles. The Hall–Kier alpha value is -3.33. The zero-order valence-electron chi connectivity index (χ0n) is 16.5. The number of nitrogens with two attached hydrogens (primary N) is 1. The molecule has 11 heteroatoms. The highest BCUT2D eigenvalue weighted by molar-refractivity contribution is 7.89. The fraction of sp³-hybridized carbons (Fsp3) is 0.300. The van der Waals surface area contributed by atoms with Gasteiger partial charge in [-0.25, -0.2) is 8.42 Å². The minimum absolute atomic E-state index is 0.0257. The van der Waals surface area contributed by atoms with Gasteiger partial charge in [0.15, 0.2) is 0 Å². The van der Waals surface area contributed by atoms with E-state index in [9.17, 15) is 23.3 Å². The molecule has 31 heavy (non-hydrogen) atoms. The Morgan fingerprint density at radius 1 is 1.16 bits per heavy atom. The van der Waals surface area contributed by atoms with E-state index in [2.05, 4.69) is 0 Å². The molecule has 1 saturated heterocycles. The van der Waals surface area contributed by atoms with Crippen LogP contribution >= 0.6 is 0 Å². The number of non-ortho nitro benzene ring substituents is 1. The average Bonchev–Trinajstić information content (AvgIpc) is 2.77. The van der Waals surface area contributed by atoms with Crippen LogP contribution < -0.4 is 5.73 Å². The third-order valence-corrected chi connectivity index (χ3v) is 7.09. The van der Waals surface area contributed by atoms with Crippen LogP contribution in [-0.2, 0) is 14.8 Å². The molecule has 0 radical (unpaired) electrons. The highest BCUT2D eigenvalue weighted by Crippen LogP contribution is 2.30. The Kier molecular flexibility index (Phi) is 6.65. The highest BCUT2D eigenvalue weighted by Gasteiger charge is 2.35. The number of nitro groups is 1. The molecule has 2 N–H and O–H groups in total. The van der Waals surface area contributed by atoms with Crippen molar-refractivity contribution in [3.8, 4) is 6.07 Å². The van der Waals surface area contributed by atoms with Gasteiger partial charge in [0.2, 0.25) is 15.9 Å². The van der Waals surface area contributed by atoms with E-state index in [1.807, 2.05) is 11.0 Å². The Morgan fingerprint density at radius 2 is 1.81 bits per heavy atom. The molecule has 1 atom stereocenters. The van der Waals surface area contributed by atoms with Crippen LogP contribution in [0, 0.1) is 21.4 Å². The summed E-state index contributed by atoms with van der Waals surface area (Å²) in [5.41, 5.74) is 6.39. The summed E-state index contributed by atoms with van der Waals surface area (Å²) in [5, 5.41) is 19.9. The van der Waals surface area contributed by atoms with Crippen LogP contribution in [0.3, 0.4) is 0 Å². The Labute approximate surface area is 179 Å². The van der Waals surface area contributed by atoms with Crippen molar-refractivity contribution in [2.75, 3.05) is 26.2 Å². The van der Waals surface area contributed by atoms with E-state index in [0.717, 1.165) is 17.7 Å². The fourth-order valence-electron chi connectivity index (χ4n) is 3.52. The summed E-state index contributed by atoms with van der Waals surface area (Å²) in [7, 11) is -3.87. The van der Waals surface area contributed by atoms with Gasteiger partial charge in [-0.3, -0.25) is 19.8 Å². The number of rotatable bonds is 7. The van der Waals surface area contributed by atoms with Gasteiger partial charge in [-0.1, -0.05) is 12.1 Å². The van der Waals surface area contributed by atoms with E-state index in [0.29, 0.717) is 18.7 Å². The quantitative estimate of drug-likeness (QED) is 0.501. The van der Waals surface area contributed by atoms with Gasteiger partial charge in [-0.15, -0.1) is 0 Å². The number of primary amides is 1. The summed E-state index contributed by atoms with van der Waals surface area (Å²) in [5.74, 6) is -0.445. The van der Waals surface area contributed by atoms with Crippen LogP contribution in [0.1, 0.15) is 23.6 Å². The van der Waals surface area contributed by atoms with Gasteiger partial charge in [-0.05, 0) is 29.8 Å². The van der Waals surface area contributed by atoms with Crippen LogP contribution in [0.25, 0.3) is 0 Å². The van der Waals surface area contributed by atoms with E-state index >= 15 is 0 Å². The van der Waals surface area contributed by atoms with Gasteiger partial charge in [0, 0.05) is 50.8 Å². The van der Waals surface area contributed by atoms with Gasteiger partial charge >= 0.3 is 0 Å². The molecule has 1 aliphatic rings. The van der Waals surface area contributed by atoms with Crippen molar-refractivity contribution in [2.45, 2.75) is 17.4 Å². The number of carbonyl (C=O) groups is 1. The number of hydrogen-bond donors (Lipinski definition) is 1. The van der Waals surface area contributed by atoms with Crippen molar-refractivity contribution in [1.29, 1.82) is 5.26 Å². The summed E-state index contributed by atoms with van der Waals surface area (Å²) >= 11 is 0. The number of piperazine rings is 1. The van der Waals surface area contributed by atoms with Crippen LogP contribution in [0.15, 0.2) is 53.4 Å². The lowest BCUT2D eigenvalue weighted by molar-refractivity contribution is -0.384. The standard InChI is InChI=1S/C20H21N5O5S/c21-13-15-1-3-16(4-2-15)19-14-24(12-11-23(19)10-9-20(22)26)31(29,30)18-7-5-17(6-8-18)25(27)28/h1-8,19H,9-12,14H2,(H2,22,26). The summed E-state index contributed by atoms with van der Waals surface area (Å²) in [6.45, 7) is 1.09. The second-order valence-electron chi connectivity index (χ2n) is 7.12. The van der Waals surface area contributed by atoms with Gasteiger partial charge in [-0.2, -0.15) is 9.57 Å². The van der Waals surface area contributed by atoms with E-state index in [-0.39, 0.29) is 36.1 Å². The maximum atomic E-state index is 13.1. The lowest BCUT2D eigenvalue weighted by Crippen LogP contribution is -2.50. The van der Waals surface area contributed by atoms with E-state index < -0.39 is 20.9 Å². The topological polar surface area (TPSA) is 151 Å². The smallest absolute Gasteiger partial charge is 0.269 e. The molecule has 0 spiro atoms. The zero-order valence-corrected chi connectivity index (χ0v) is 17.4. The lowest BCUT2D eigenvalue weighted by atomic mass is 10.0. The van der Waals surface area contributed by atoms with Crippen molar-refractivity contribution in [2.24, 2.45) is 5.73 Å². The third kappa shape index (κ3) is 5.05. The molecular formula is C20H21N5O5S. The molecule has 0 aliphatic carbocycles. The highest BCUT2D eigenvalue weighted by atomic mass is 32.2. The molecule has 2 aromatic rings. The van der Waals surface area contributed by atoms with Crippen LogP contribution in [-0.4, -0.2) is 54.6 Å². The summed E-state index contributed by atoms with van der Waals surface area (Å²) < 4.78 is 27.6. The predicted molar refractivity (Wildman–Crippen MR) is 111 cm³/mol. The van der Waals surface area contributed by atoms with Gasteiger partial charge in [0.1, 0.15) is 0 Å². The molecule has 1 aliphatic heterocycles. The first-order valence-electron chi connectivity index (χ1n) is 9.49. The number of sulfonamides is 1. The molecular weight excluding hydrogens is 422 g/mol. The number of amides is 1. The molecule has 1 amide bonds. The summed E-state index contributed by atoms with van der Waals surface area (Å²) in [6, 6.07) is 13.3. The molecule has 0 bridgehead atoms. The van der Waals surface area contributed by atoms with Crippen molar-refractivity contribution in [1.82, 2.24) is 9.21 Å². The zero-order chi connectivity index (χ0) is 22.6. The molecule has 10 nitrogen and oxygen atoms in total. The monoisotopic (exact) mass is 443 g/mol. The first-order valence-corrected chi connectivity index (χ1v) is 10.9. The molecule has 0 aromatic heterocycles. The normalized spacial score (nSPS) is 17.7. The Bertz CT molecular complexity index is 1110. The number of hydrogen-bond acceptors (Lipinski definition) is 7. The number of nitrogens with zero attached hydrogens (tertiary/aromatic N) is 4. The molecule has 1 heterocycles. The minimum atomic E-state index is -3.87. The van der Waals surface area contributed by atoms with E-state index in [1.54, 1.807) is 24.3 Å². The Morgan fingerprint density at radius 3 is 2.35 bits per heavy atom. The third-order valence-electron chi connectivity index (χ3n) is 5.21. The second-order valence-corrected chi connectivity index (χ2v) is 9.05. The molecule has 162 valence electrons. The molecule has 3 rings (SSSR count). The number of carbonyl (C=O) groups excluding carboxylic acids is 1. The van der Waals surface area contributed by atoms with Crippen LogP contribution in [0.4, 0.5) is 5.69 Å². The van der Waals surface area contributed by atoms with Gasteiger partial charge in [0.25, 0.3) is 5.69 Å². The van der Waals surface area contributed by atoms with Crippen LogP contribution in [0.5, 0.6) is 0 Å². The minimum Gasteiger partial charge on any atom is -0.370 e. The van der Waals surface area contributed by atoms with Gasteiger partial charge < -0.3 is 5.73 Å². The second kappa shape index (κ2) is 9.22. The number of nitriles is 1. The molecule has 1 fully saturated rings. The largest absolute Gasteiger partial charge is 0.370 e. The van der Waals surface area contributed by atoms with E-state index in [4.69, 9.17) is 11.0 Å². The average molecular weight is 443 g/mol. The SMILES string of the molecule is N#Cc1ccc(C2CN(S(=O)(=O)c3ccc([N+](=O)[O-])cc3)CCN2CCC(N)=O)cc1. The number of nitro benzene ring substituents is 1.